The van der Waals surface area contributed by atoms with Gasteiger partial charge in [0.05, 0.1) is 0 Å². The Balaban J connectivity index is 2.79. The van der Waals surface area contributed by atoms with Crippen LogP contribution in [0, 0.1) is 5.41 Å². The van der Waals surface area contributed by atoms with Crippen molar-refractivity contribution in [3.8, 4) is 0 Å². The van der Waals surface area contributed by atoms with Gasteiger partial charge < -0.3 is 5.11 Å². The standard InChI is InChI=1S/C20H28O2/c1-15(8-6-9-16(2)14-19(21)22)11-12-18-17(3)10-7-13-20(18,4)5/h6,8-9,11-12,14H,7,10,13H2,1-5H3,(H,21,22)/b9-6?,12-11+,15-8?,16-14-. The van der Waals surface area contributed by atoms with Crippen LogP contribution in [0.4, 0.5) is 0 Å². The van der Waals surface area contributed by atoms with Crippen LogP contribution in [-0.4, -0.2) is 11.1 Å². The number of hydrogen-bond donors (Lipinski definition) is 1. The minimum absolute atomic E-state index is 0.260. The molecule has 1 rings (SSSR count). The van der Waals surface area contributed by atoms with E-state index in [-0.39, 0.29) is 5.41 Å². The van der Waals surface area contributed by atoms with Gasteiger partial charge in [-0.1, -0.05) is 55.4 Å². The van der Waals surface area contributed by atoms with Gasteiger partial charge in [-0.05, 0) is 56.6 Å². The van der Waals surface area contributed by atoms with E-state index in [0.717, 1.165) is 11.1 Å². The average molecular weight is 300 g/mol. The molecule has 0 radical (unpaired) electrons. The van der Waals surface area contributed by atoms with Crippen molar-refractivity contribution in [2.75, 3.05) is 0 Å². The van der Waals surface area contributed by atoms with Gasteiger partial charge in [0.2, 0.25) is 0 Å². The summed E-state index contributed by atoms with van der Waals surface area (Å²) >= 11 is 0. The number of carboxylic acids is 1. The molecule has 0 aliphatic heterocycles. The van der Waals surface area contributed by atoms with Gasteiger partial charge in [0.1, 0.15) is 0 Å². The highest BCUT2D eigenvalue weighted by molar-refractivity contribution is 5.81. The molecule has 120 valence electrons. The molecule has 0 atom stereocenters. The first kappa shape index (κ1) is 18.2. The zero-order chi connectivity index (χ0) is 16.8. The molecule has 0 spiro atoms. The van der Waals surface area contributed by atoms with E-state index in [1.165, 1.54) is 36.5 Å². The zero-order valence-corrected chi connectivity index (χ0v) is 14.4. The fraction of sp³-hybridized carbons (Fsp3) is 0.450. The predicted octanol–water partition coefficient (Wildman–Crippen LogP) is 5.60. The number of aliphatic carboxylic acids is 1. The number of carbonyl (C=O) groups is 1. The molecule has 0 aromatic carbocycles. The molecule has 0 aromatic rings. The Hall–Kier alpha value is -1.83. The topological polar surface area (TPSA) is 37.3 Å². The Labute approximate surface area is 134 Å². The Morgan fingerprint density at radius 2 is 1.86 bits per heavy atom. The molecule has 0 saturated heterocycles. The van der Waals surface area contributed by atoms with Gasteiger partial charge in [0.25, 0.3) is 0 Å². The third-order valence-corrected chi connectivity index (χ3v) is 4.12. The third-order valence-electron chi connectivity index (χ3n) is 4.12. The van der Waals surface area contributed by atoms with Crippen LogP contribution >= 0.6 is 0 Å². The maximum absolute atomic E-state index is 10.5. The largest absolute Gasteiger partial charge is 0.478 e. The van der Waals surface area contributed by atoms with Crippen LogP contribution in [0.25, 0.3) is 0 Å². The molecule has 1 aliphatic rings. The van der Waals surface area contributed by atoms with Crippen molar-refractivity contribution in [1.29, 1.82) is 0 Å². The van der Waals surface area contributed by atoms with Crippen molar-refractivity contribution < 1.29 is 9.90 Å². The number of rotatable bonds is 5. The van der Waals surface area contributed by atoms with Gasteiger partial charge in [0, 0.05) is 6.08 Å². The first-order chi connectivity index (χ1) is 10.2. The maximum atomic E-state index is 10.5. The number of hydrogen-bond acceptors (Lipinski definition) is 1. The molecule has 0 heterocycles. The zero-order valence-electron chi connectivity index (χ0n) is 14.4. The number of allylic oxidation sites excluding steroid dienone is 9. The summed E-state index contributed by atoms with van der Waals surface area (Å²) in [6, 6.07) is 0. The first-order valence-electron chi connectivity index (χ1n) is 7.87. The average Bonchev–Trinajstić information content (AvgIpc) is 2.36. The summed E-state index contributed by atoms with van der Waals surface area (Å²) in [6.45, 7) is 10.7. The first-order valence-corrected chi connectivity index (χ1v) is 7.87. The van der Waals surface area contributed by atoms with Gasteiger partial charge in [-0.3, -0.25) is 0 Å². The van der Waals surface area contributed by atoms with Crippen molar-refractivity contribution in [2.24, 2.45) is 5.41 Å². The normalized spacial score (nSPS) is 20.2. The van der Waals surface area contributed by atoms with Crippen molar-refractivity contribution >= 4 is 5.97 Å². The van der Waals surface area contributed by atoms with E-state index in [1.54, 1.807) is 13.0 Å². The molecule has 22 heavy (non-hydrogen) atoms. The van der Waals surface area contributed by atoms with Crippen LogP contribution in [0.2, 0.25) is 0 Å². The summed E-state index contributed by atoms with van der Waals surface area (Å²) < 4.78 is 0. The maximum Gasteiger partial charge on any atom is 0.328 e. The summed E-state index contributed by atoms with van der Waals surface area (Å²) in [5, 5.41) is 8.65. The van der Waals surface area contributed by atoms with Gasteiger partial charge in [0.15, 0.2) is 0 Å². The highest BCUT2D eigenvalue weighted by Crippen LogP contribution is 2.40. The second kappa shape index (κ2) is 7.98. The molecule has 0 bridgehead atoms. The van der Waals surface area contributed by atoms with E-state index in [9.17, 15) is 4.79 Å². The van der Waals surface area contributed by atoms with Gasteiger partial charge in [-0.2, -0.15) is 0 Å². The molecule has 0 saturated carbocycles. The summed E-state index contributed by atoms with van der Waals surface area (Å²) in [6.07, 6.45) is 15.0. The lowest BCUT2D eigenvalue weighted by Gasteiger charge is -2.32. The molecular formula is C20H28O2. The van der Waals surface area contributed by atoms with Crippen molar-refractivity contribution in [3.05, 3.63) is 58.7 Å². The molecule has 0 amide bonds. The van der Waals surface area contributed by atoms with E-state index >= 15 is 0 Å². The molecule has 2 nitrogen and oxygen atoms in total. The van der Waals surface area contributed by atoms with Crippen LogP contribution in [0.1, 0.15) is 53.9 Å². The second-order valence-corrected chi connectivity index (χ2v) is 6.76. The lowest BCUT2D eigenvalue weighted by atomic mass is 9.72. The molecular weight excluding hydrogens is 272 g/mol. The molecule has 0 unspecified atom stereocenters. The van der Waals surface area contributed by atoms with Gasteiger partial charge >= 0.3 is 5.97 Å². The van der Waals surface area contributed by atoms with Crippen molar-refractivity contribution in [1.82, 2.24) is 0 Å². The quantitative estimate of drug-likeness (QED) is 0.530. The lowest BCUT2D eigenvalue weighted by Crippen LogP contribution is -2.19. The molecule has 1 aliphatic carbocycles. The summed E-state index contributed by atoms with van der Waals surface area (Å²) in [4.78, 5) is 10.5. The minimum Gasteiger partial charge on any atom is -0.478 e. The van der Waals surface area contributed by atoms with Crippen LogP contribution in [0.5, 0.6) is 0 Å². The Morgan fingerprint density at radius 1 is 1.18 bits per heavy atom. The van der Waals surface area contributed by atoms with E-state index in [0.29, 0.717) is 0 Å². The monoisotopic (exact) mass is 300 g/mol. The highest BCUT2D eigenvalue weighted by atomic mass is 16.4. The predicted molar refractivity (Wildman–Crippen MR) is 93.8 cm³/mol. The molecule has 1 N–H and O–H groups in total. The second-order valence-electron chi connectivity index (χ2n) is 6.76. The van der Waals surface area contributed by atoms with Gasteiger partial charge in [-0.15, -0.1) is 0 Å². The third kappa shape index (κ3) is 5.88. The van der Waals surface area contributed by atoms with Crippen LogP contribution < -0.4 is 0 Å². The van der Waals surface area contributed by atoms with E-state index in [4.69, 9.17) is 5.11 Å². The molecule has 0 aromatic heterocycles. The fourth-order valence-electron chi connectivity index (χ4n) is 2.88. The Morgan fingerprint density at radius 3 is 2.45 bits per heavy atom. The minimum atomic E-state index is -0.912. The number of carboxylic acid groups (broad SMARTS) is 1. The Bertz CT molecular complexity index is 567. The van der Waals surface area contributed by atoms with E-state index in [2.05, 4.69) is 39.8 Å². The molecule has 2 heteroatoms. The lowest BCUT2D eigenvalue weighted by molar-refractivity contribution is -0.131. The van der Waals surface area contributed by atoms with E-state index in [1.807, 2.05) is 12.2 Å². The van der Waals surface area contributed by atoms with Crippen LogP contribution in [0.15, 0.2) is 58.7 Å². The van der Waals surface area contributed by atoms with Crippen molar-refractivity contribution in [2.45, 2.75) is 53.9 Å². The molecule has 0 fully saturated rings. The van der Waals surface area contributed by atoms with Crippen molar-refractivity contribution in [3.63, 3.8) is 0 Å². The summed E-state index contributed by atoms with van der Waals surface area (Å²) in [7, 11) is 0. The van der Waals surface area contributed by atoms with Crippen LogP contribution in [-0.2, 0) is 4.79 Å². The van der Waals surface area contributed by atoms with Gasteiger partial charge in [-0.25, -0.2) is 4.79 Å². The van der Waals surface area contributed by atoms with E-state index < -0.39 is 5.97 Å². The summed E-state index contributed by atoms with van der Waals surface area (Å²) in [5.74, 6) is -0.912. The highest BCUT2D eigenvalue weighted by Gasteiger charge is 2.26. The SMILES string of the molecule is CC(=CC=C/C(C)=C\C(=O)O)/C=C/C1=C(C)CCCC1(C)C. The Kier molecular flexibility index (Phi) is 6.61. The summed E-state index contributed by atoms with van der Waals surface area (Å²) in [5.41, 5.74) is 5.09. The van der Waals surface area contributed by atoms with Crippen LogP contribution in [0.3, 0.4) is 0 Å². The fourth-order valence-corrected chi connectivity index (χ4v) is 2.88. The smallest absolute Gasteiger partial charge is 0.328 e.